The molecule has 2 atom stereocenters. The number of carbonyl (C=O) groups excluding carboxylic acids is 1. The maximum Gasteiger partial charge on any atom is 0.433 e. The Morgan fingerprint density at radius 1 is 1.02 bits per heavy atom. The molecule has 5 rings (SSSR count). The summed E-state index contributed by atoms with van der Waals surface area (Å²) >= 11 is 3.35. The summed E-state index contributed by atoms with van der Waals surface area (Å²) in [7, 11) is -4.41. The topological polar surface area (TPSA) is 117 Å². The number of aromatic nitrogens is 3. The molecule has 3 aromatic heterocycles. The maximum atomic E-state index is 13.5. The van der Waals surface area contributed by atoms with Gasteiger partial charge in [0.25, 0.3) is 15.9 Å². The molecule has 40 heavy (non-hydrogen) atoms. The lowest BCUT2D eigenvalue weighted by Gasteiger charge is -2.33. The average molecular weight is 639 g/mol. The van der Waals surface area contributed by atoms with Gasteiger partial charge in [0.2, 0.25) is 0 Å². The predicted octanol–water partition coefficient (Wildman–Crippen LogP) is 5.32. The molecule has 1 amide bonds. The number of fused-ring (bicyclic) bond motifs is 6. The van der Waals surface area contributed by atoms with E-state index in [2.05, 4.69) is 40.9 Å². The lowest BCUT2D eigenvalue weighted by Crippen LogP contribution is -2.41. The van der Waals surface area contributed by atoms with Crippen LogP contribution in [-0.4, -0.2) is 41.4 Å². The van der Waals surface area contributed by atoms with Gasteiger partial charge in [-0.2, -0.15) is 21.6 Å². The zero-order valence-electron chi connectivity index (χ0n) is 21.5. The predicted molar refractivity (Wildman–Crippen MR) is 145 cm³/mol. The summed E-state index contributed by atoms with van der Waals surface area (Å²) in [6, 6.07) is 10.3. The zero-order chi connectivity index (χ0) is 28.9. The lowest BCUT2D eigenvalue weighted by atomic mass is 9.91. The number of anilines is 2. The quantitative estimate of drug-likeness (QED) is 0.344. The van der Waals surface area contributed by atoms with E-state index in [1.807, 2.05) is 18.7 Å². The minimum absolute atomic E-state index is 0.0932. The monoisotopic (exact) mass is 638 g/mol. The first-order valence-corrected chi connectivity index (χ1v) is 14.8. The van der Waals surface area contributed by atoms with Crippen molar-refractivity contribution < 1.29 is 26.4 Å². The highest BCUT2D eigenvalue weighted by atomic mass is 79.9. The van der Waals surface area contributed by atoms with Gasteiger partial charge < -0.3 is 10.2 Å². The normalized spacial score (nSPS) is 22.4. The van der Waals surface area contributed by atoms with Crippen LogP contribution in [0.3, 0.4) is 0 Å². The second-order valence-corrected chi connectivity index (χ2v) is 13.0. The first-order valence-electron chi connectivity index (χ1n) is 12.5. The van der Waals surface area contributed by atoms with Crippen molar-refractivity contribution >= 4 is 43.5 Å². The van der Waals surface area contributed by atoms with Crippen LogP contribution in [0.5, 0.6) is 0 Å². The standard InChI is InChI=1S/C26H26BrF3N6O3S/c1-25(2)13-15-9-11-18(17-5-3-6-19(31-17)26(28,29)30)32-21-7-4-8-22(34-21)40(38,39)35-24(37)16-10-12-20(27)33-23(16)36(25)14-15/h3-8,10,12,15,18H,9,11,13-14H2,1-2H3,(H,32,34)(H,35,37)/t15-,18-/m0/s1. The van der Waals surface area contributed by atoms with Crippen LogP contribution in [0, 0.1) is 5.92 Å². The second-order valence-electron chi connectivity index (χ2n) is 10.5. The number of amides is 1. The second kappa shape index (κ2) is 10.3. The molecule has 14 heteroatoms. The minimum atomic E-state index is -4.62. The van der Waals surface area contributed by atoms with Crippen LogP contribution >= 0.6 is 15.9 Å². The van der Waals surface area contributed by atoms with Crippen LogP contribution < -0.4 is 14.9 Å². The van der Waals surface area contributed by atoms with Crippen molar-refractivity contribution in [3.05, 3.63) is 70.1 Å². The smallest absolute Gasteiger partial charge is 0.362 e. The molecular formula is C26H26BrF3N6O3S. The van der Waals surface area contributed by atoms with E-state index in [1.165, 1.54) is 36.4 Å². The SMILES string of the molecule is CC1(C)C[C@@H]2CC[C@@H](c3cccc(C(F)(F)F)n3)Nc3cccc(n3)S(=O)(=O)NC(=O)c3ccc(Br)nc3N1C2. The summed E-state index contributed by atoms with van der Waals surface area (Å²) in [5.74, 6) is -0.292. The fourth-order valence-corrected chi connectivity index (χ4v) is 6.55. The number of halogens is 4. The maximum absolute atomic E-state index is 13.5. The van der Waals surface area contributed by atoms with Gasteiger partial charge in [0.05, 0.1) is 17.3 Å². The Kier molecular flexibility index (Phi) is 7.27. The number of alkyl halides is 3. The van der Waals surface area contributed by atoms with Gasteiger partial charge in [0.1, 0.15) is 21.9 Å². The Morgan fingerprint density at radius 2 is 1.77 bits per heavy atom. The van der Waals surface area contributed by atoms with E-state index in [1.54, 1.807) is 6.07 Å². The summed E-state index contributed by atoms with van der Waals surface area (Å²) in [6.07, 6.45) is -2.89. The summed E-state index contributed by atoms with van der Waals surface area (Å²) in [5.41, 5.74) is -1.20. The molecule has 2 N–H and O–H groups in total. The van der Waals surface area contributed by atoms with Gasteiger partial charge in [-0.25, -0.2) is 19.7 Å². The van der Waals surface area contributed by atoms with Gasteiger partial charge in [-0.15, -0.1) is 0 Å². The number of hydrogen-bond acceptors (Lipinski definition) is 8. The van der Waals surface area contributed by atoms with Crippen molar-refractivity contribution in [1.82, 2.24) is 19.7 Å². The first-order chi connectivity index (χ1) is 18.7. The van der Waals surface area contributed by atoms with Crippen LogP contribution in [0.4, 0.5) is 24.8 Å². The molecule has 1 fully saturated rings. The van der Waals surface area contributed by atoms with Crippen molar-refractivity contribution in [2.24, 2.45) is 5.92 Å². The largest absolute Gasteiger partial charge is 0.433 e. The molecule has 212 valence electrons. The molecule has 4 bridgehead atoms. The molecule has 2 aliphatic heterocycles. The molecule has 9 nitrogen and oxygen atoms in total. The molecule has 0 unspecified atom stereocenters. The van der Waals surface area contributed by atoms with Crippen LogP contribution in [0.2, 0.25) is 0 Å². The highest BCUT2D eigenvalue weighted by Gasteiger charge is 2.41. The summed E-state index contributed by atoms with van der Waals surface area (Å²) in [4.78, 5) is 27.8. The Balaban J connectivity index is 1.61. The van der Waals surface area contributed by atoms with Gasteiger partial charge >= 0.3 is 6.18 Å². The molecule has 1 saturated heterocycles. The highest BCUT2D eigenvalue weighted by Crippen LogP contribution is 2.41. The molecule has 5 heterocycles. The molecule has 3 aromatic rings. The Hall–Kier alpha value is -3.26. The Morgan fingerprint density at radius 3 is 2.52 bits per heavy atom. The van der Waals surface area contributed by atoms with Gasteiger partial charge in [-0.1, -0.05) is 12.1 Å². The van der Waals surface area contributed by atoms with E-state index in [0.29, 0.717) is 29.8 Å². The zero-order valence-corrected chi connectivity index (χ0v) is 23.9. The van der Waals surface area contributed by atoms with Crippen molar-refractivity contribution in [2.45, 2.75) is 55.9 Å². The molecule has 0 radical (unpaired) electrons. The van der Waals surface area contributed by atoms with Gasteiger partial charge in [-0.3, -0.25) is 4.79 Å². The molecule has 0 spiro atoms. The van der Waals surface area contributed by atoms with E-state index >= 15 is 0 Å². The van der Waals surface area contributed by atoms with E-state index in [9.17, 15) is 26.4 Å². The average Bonchev–Trinajstić information content (AvgIpc) is 3.19. The lowest BCUT2D eigenvalue weighted by molar-refractivity contribution is -0.141. The van der Waals surface area contributed by atoms with Crippen LogP contribution in [0.1, 0.15) is 60.9 Å². The van der Waals surface area contributed by atoms with E-state index < -0.39 is 44.4 Å². The van der Waals surface area contributed by atoms with Crippen molar-refractivity contribution in [3.63, 3.8) is 0 Å². The van der Waals surface area contributed by atoms with Crippen molar-refractivity contribution in [1.29, 1.82) is 0 Å². The van der Waals surface area contributed by atoms with E-state index in [0.717, 1.165) is 12.5 Å². The summed E-state index contributed by atoms with van der Waals surface area (Å²) < 4.78 is 69.3. The van der Waals surface area contributed by atoms with Gasteiger partial charge in [0.15, 0.2) is 5.03 Å². The fourth-order valence-electron chi connectivity index (χ4n) is 5.31. The van der Waals surface area contributed by atoms with Crippen LogP contribution in [0.25, 0.3) is 0 Å². The number of nitrogens with one attached hydrogen (secondary N) is 2. The third-order valence-corrected chi connectivity index (χ3v) is 8.80. The number of hydrogen-bond donors (Lipinski definition) is 2. The number of nitrogens with zero attached hydrogens (tertiary/aromatic N) is 4. The summed E-state index contributed by atoms with van der Waals surface area (Å²) in [6.45, 7) is 4.53. The van der Waals surface area contributed by atoms with Crippen molar-refractivity contribution in [2.75, 3.05) is 16.8 Å². The van der Waals surface area contributed by atoms with Crippen molar-refractivity contribution in [3.8, 4) is 0 Å². The molecule has 0 aromatic carbocycles. The van der Waals surface area contributed by atoms with E-state index in [4.69, 9.17) is 0 Å². The molecule has 2 aliphatic rings. The Bertz CT molecular complexity index is 1570. The number of carbonyl (C=O) groups is 1. The minimum Gasteiger partial charge on any atom is -0.362 e. The number of sulfonamides is 1. The third kappa shape index (κ3) is 5.78. The molecule has 0 saturated carbocycles. The van der Waals surface area contributed by atoms with E-state index in [-0.39, 0.29) is 23.0 Å². The molecular weight excluding hydrogens is 613 g/mol. The van der Waals surface area contributed by atoms with Gasteiger partial charge in [-0.05, 0) is 91.4 Å². The fraction of sp³-hybridized carbons (Fsp3) is 0.385. The number of rotatable bonds is 1. The van der Waals surface area contributed by atoms with Gasteiger partial charge in [0, 0.05) is 12.1 Å². The molecule has 0 aliphatic carbocycles. The first kappa shape index (κ1) is 28.3. The third-order valence-electron chi connectivity index (χ3n) is 7.13. The summed E-state index contributed by atoms with van der Waals surface area (Å²) in [5, 5.41) is 2.66. The number of pyridine rings is 3. The van der Waals surface area contributed by atoms with Crippen LogP contribution in [0.15, 0.2) is 58.2 Å². The van der Waals surface area contributed by atoms with Crippen LogP contribution in [-0.2, 0) is 16.2 Å². The highest BCUT2D eigenvalue weighted by molar-refractivity contribution is 9.10. The Labute approximate surface area is 237 Å².